The molecular weight excluding hydrogens is 365 g/mol. The highest BCUT2D eigenvalue weighted by molar-refractivity contribution is 5.85. The molecule has 0 aliphatic carbocycles. The third-order valence-electron chi connectivity index (χ3n) is 5.25. The van der Waals surface area contributed by atoms with Crippen molar-refractivity contribution in [2.75, 3.05) is 26.2 Å². The summed E-state index contributed by atoms with van der Waals surface area (Å²) in [7, 11) is 0. The normalized spacial score (nSPS) is 21.5. The first-order valence-electron chi connectivity index (χ1n) is 9.11. The molecule has 0 aromatic heterocycles. The molecule has 0 bridgehead atoms. The second kappa shape index (κ2) is 9.09. The van der Waals surface area contributed by atoms with Crippen LogP contribution in [0.2, 0.25) is 0 Å². The summed E-state index contributed by atoms with van der Waals surface area (Å²) in [5.74, 6) is 0.0312. The Balaban J connectivity index is 0.00000243. The van der Waals surface area contributed by atoms with Crippen molar-refractivity contribution in [1.29, 1.82) is 0 Å². The molecular formula is C19H26ClF3N2O. The molecule has 1 amide bonds. The second-order valence-electron chi connectivity index (χ2n) is 7.12. The van der Waals surface area contributed by atoms with Gasteiger partial charge in [0, 0.05) is 19.1 Å². The first kappa shape index (κ1) is 21.0. The van der Waals surface area contributed by atoms with Crippen LogP contribution in [0, 0.1) is 0 Å². The number of amides is 1. The molecule has 2 heterocycles. The average Bonchev–Trinajstić information content (AvgIpc) is 3.08. The Bertz CT molecular complexity index is 585. The summed E-state index contributed by atoms with van der Waals surface area (Å²) in [6, 6.07) is 5.19. The molecule has 3 nitrogen and oxygen atoms in total. The lowest BCUT2D eigenvalue weighted by Gasteiger charge is -2.38. The Morgan fingerprint density at radius 1 is 1.00 bits per heavy atom. The number of carbonyl (C=O) groups excluding carboxylic acids is 1. The van der Waals surface area contributed by atoms with Crippen LogP contribution in [0.3, 0.4) is 0 Å². The second-order valence-corrected chi connectivity index (χ2v) is 7.12. The van der Waals surface area contributed by atoms with Crippen LogP contribution in [0.1, 0.15) is 43.2 Å². The highest BCUT2D eigenvalue weighted by Crippen LogP contribution is 2.29. The first-order chi connectivity index (χ1) is 11.9. The number of nitrogens with zero attached hydrogens (tertiary/aromatic N) is 2. The minimum Gasteiger partial charge on any atom is -0.338 e. The van der Waals surface area contributed by atoms with Gasteiger partial charge in [-0.2, -0.15) is 13.2 Å². The van der Waals surface area contributed by atoms with E-state index in [1.54, 1.807) is 0 Å². The van der Waals surface area contributed by atoms with E-state index in [1.165, 1.54) is 25.0 Å². The monoisotopic (exact) mass is 390 g/mol. The third-order valence-corrected chi connectivity index (χ3v) is 5.25. The number of hydrogen-bond acceptors (Lipinski definition) is 2. The number of carbonyl (C=O) groups is 1. The van der Waals surface area contributed by atoms with E-state index in [1.807, 2.05) is 4.90 Å². The zero-order chi connectivity index (χ0) is 17.9. The van der Waals surface area contributed by atoms with Crippen LogP contribution >= 0.6 is 12.4 Å². The maximum atomic E-state index is 12.7. The van der Waals surface area contributed by atoms with Gasteiger partial charge in [0.05, 0.1) is 12.0 Å². The third kappa shape index (κ3) is 5.36. The smallest absolute Gasteiger partial charge is 0.338 e. The summed E-state index contributed by atoms with van der Waals surface area (Å²) in [4.78, 5) is 17.1. The van der Waals surface area contributed by atoms with Gasteiger partial charge >= 0.3 is 6.18 Å². The molecule has 2 fully saturated rings. The number of hydrogen-bond donors (Lipinski definition) is 0. The van der Waals surface area contributed by atoms with Crippen LogP contribution in [0.4, 0.5) is 13.2 Å². The average molecular weight is 391 g/mol. The van der Waals surface area contributed by atoms with E-state index in [0.29, 0.717) is 5.56 Å². The molecule has 2 aliphatic heterocycles. The quantitative estimate of drug-likeness (QED) is 0.771. The fourth-order valence-corrected chi connectivity index (χ4v) is 3.87. The van der Waals surface area contributed by atoms with E-state index in [0.717, 1.165) is 57.6 Å². The van der Waals surface area contributed by atoms with E-state index >= 15 is 0 Å². The van der Waals surface area contributed by atoms with Crippen LogP contribution in [-0.2, 0) is 17.4 Å². The van der Waals surface area contributed by atoms with Gasteiger partial charge in [0.1, 0.15) is 0 Å². The van der Waals surface area contributed by atoms with E-state index in [-0.39, 0.29) is 30.8 Å². The summed E-state index contributed by atoms with van der Waals surface area (Å²) in [5.41, 5.74) is -0.0305. The molecule has 1 aromatic carbocycles. The number of halogens is 4. The molecule has 146 valence electrons. The van der Waals surface area contributed by atoms with Crippen LogP contribution in [0.5, 0.6) is 0 Å². The van der Waals surface area contributed by atoms with Crippen molar-refractivity contribution >= 4 is 18.3 Å². The van der Waals surface area contributed by atoms with E-state index < -0.39 is 11.7 Å². The lowest BCUT2D eigenvalue weighted by atomic mass is 10.00. The summed E-state index contributed by atoms with van der Waals surface area (Å²) in [6.45, 7) is 3.91. The highest BCUT2D eigenvalue weighted by Gasteiger charge is 2.31. The van der Waals surface area contributed by atoms with E-state index in [4.69, 9.17) is 0 Å². The summed E-state index contributed by atoms with van der Waals surface area (Å²) < 4.78 is 37.9. The van der Waals surface area contributed by atoms with Crippen molar-refractivity contribution < 1.29 is 18.0 Å². The molecule has 1 aromatic rings. The van der Waals surface area contributed by atoms with Crippen molar-refractivity contribution in [3.8, 4) is 0 Å². The van der Waals surface area contributed by atoms with E-state index in [9.17, 15) is 18.0 Å². The number of piperidine rings is 1. The number of alkyl halides is 3. The van der Waals surface area contributed by atoms with E-state index in [2.05, 4.69) is 4.90 Å². The fraction of sp³-hybridized carbons (Fsp3) is 0.632. The molecule has 7 heteroatoms. The predicted octanol–water partition coefficient (Wildman–Crippen LogP) is 4.15. The molecule has 3 rings (SSSR count). The highest BCUT2D eigenvalue weighted by atomic mass is 35.5. The summed E-state index contributed by atoms with van der Waals surface area (Å²) in [6.07, 6.45) is 1.47. The van der Waals surface area contributed by atoms with Crippen molar-refractivity contribution in [3.05, 3.63) is 35.4 Å². The predicted molar refractivity (Wildman–Crippen MR) is 97.4 cm³/mol. The van der Waals surface area contributed by atoms with Crippen LogP contribution in [0.15, 0.2) is 24.3 Å². The van der Waals surface area contributed by atoms with Crippen molar-refractivity contribution in [1.82, 2.24) is 9.80 Å². The Kier molecular flexibility index (Phi) is 7.35. The lowest BCUT2D eigenvalue weighted by molar-refractivity contribution is -0.137. The van der Waals surface area contributed by atoms with Gasteiger partial charge in [-0.15, -0.1) is 12.4 Å². The molecule has 26 heavy (non-hydrogen) atoms. The zero-order valence-corrected chi connectivity index (χ0v) is 15.6. The van der Waals surface area contributed by atoms with Crippen molar-refractivity contribution in [3.63, 3.8) is 0 Å². The minimum absolute atomic E-state index is 0. The molecule has 0 N–H and O–H groups in total. The minimum atomic E-state index is -4.34. The van der Waals surface area contributed by atoms with Gasteiger partial charge in [-0.1, -0.05) is 12.1 Å². The molecule has 0 spiro atoms. The van der Waals surface area contributed by atoms with Gasteiger partial charge in [0.15, 0.2) is 0 Å². The summed E-state index contributed by atoms with van der Waals surface area (Å²) in [5, 5.41) is 0. The van der Waals surface area contributed by atoms with Crippen LogP contribution in [-0.4, -0.2) is 47.9 Å². The Morgan fingerprint density at radius 2 is 1.62 bits per heavy atom. The maximum absolute atomic E-state index is 12.7. The SMILES string of the molecule is Cl.O=C(Cc1ccc(C(F)(F)F)cc1)N1CCCCC1CN1CCCC1. The Morgan fingerprint density at radius 3 is 2.23 bits per heavy atom. The lowest BCUT2D eigenvalue weighted by Crippen LogP contribution is -2.49. The molecule has 0 radical (unpaired) electrons. The molecule has 2 aliphatic rings. The van der Waals surface area contributed by atoms with Gasteiger partial charge in [0.2, 0.25) is 5.91 Å². The molecule has 2 saturated heterocycles. The topological polar surface area (TPSA) is 23.6 Å². The fourth-order valence-electron chi connectivity index (χ4n) is 3.87. The molecule has 0 saturated carbocycles. The maximum Gasteiger partial charge on any atom is 0.416 e. The van der Waals surface area contributed by atoms with Gasteiger partial charge in [-0.3, -0.25) is 4.79 Å². The molecule has 1 unspecified atom stereocenters. The van der Waals surface area contributed by atoms with Gasteiger partial charge < -0.3 is 9.80 Å². The van der Waals surface area contributed by atoms with Crippen molar-refractivity contribution in [2.45, 2.75) is 50.7 Å². The van der Waals surface area contributed by atoms with Crippen LogP contribution < -0.4 is 0 Å². The first-order valence-corrected chi connectivity index (χ1v) is 9.11. The Labute approximate surface area is 158 Å². The molecule has 1 atom stereocenters. The largest absolute Gasteiger partial charge is 0.416 e. The summed E-state index contributed by atoms with van der Waals surface area (Å²) >= 11 is 0. The van der Waals surface area contributed by atoms with Gasteiger partial charge in [-0.25, -0.2) is 0 Å². The van der Waals surface area contributed by atoms with Gasteiger partial charge in [0.25, 0.3) is 0 Å². The number of rotatable bonds is 4. The van der Waals surface area contributed by atoms with Crippen molar-refractivity contribution in [2.24, 2.45) is 0 Å². The number of likely N-dealkylation sites (tertiary alicyclic amines) is 2. The van der Waals surface area contributed by atoms with Gasteiger partial charge in [-0.05, 0) is 62.9 Å². The number of benzene rings is 1. The standard InChI is InChI=1S/C19H25F3N2O.ClH/c20-19(21,22)16-8-6-15(7-9-16)13-18(25)24-12-2-1-5-17(24)14-23-10-3-4-11-23;/h6-9,17H,1-5,10-14H2;1H. The zero-order valence-electron chi connectivity index (χ0n) is 14.8. The van der Waals surface area contributed by atoms with Crippen LogP contribution in [0.25, 0.3) is 0 Å². The Hall–Kier alpha value is -1.27.